The summed E-state index contributed by atoms with van der Waals surface area (Å²) in [6, 6.07) is 9.70. The minimum absolute atomic E-state index is 0.274. The topological polar surface area (TPSA) is 32.3 Å². The number of aliphatic hydroxyl groups is 1. The highest BCUT2D eigenvalue weighted by Gasteiger charge is 2.25. The van der Waals surface area contributed by atoms with E-state index in [4.69, 9.17) is 5.11 Å². The van der Waals surface area contributed by atoms with E-state index in [1.807, 2.05) is 0 Å². The largest absolute Gasteiger partial charge is 0.396 e. The Kier molecular flexibility index (Phi) is 4.79. The van der Waals surface area contributed by atoms with Gasteiger partial charge in [0, 0.05) is 18.7 Å². The fourth-order valence-corrected chi connectivity index (χ4v) is 3.02. The summed E-state index contributed by atoms with van der Waals surface area (Å²) < 4.78 is 0. The van der Waals surface area contributed by atoms with Crippen LogP contribution in [0.25, 0.3) is 0 Å². The first-order valence-corrected chi connectivity index (χ1v) is 7.22. The van der Waals surface area contributed by atoms with Crippen molar-refractivity contribution in [1.82, 2.24) is 5.32 Å². The predicted octanol–water partition coefficient (Wildman–Crippen LogP) is 3.38. The highest BCUT2D eigenvalue weighted by Crippen LogP contribution is 2.37. The van der Waals surface area contributed by atoms with Crippen LogP contribution in [0.15, 0.2) is 24.3 Å². The molecule has 2 N–H and O–H groups in total. The Labute approximate surface area is 110 Å². The summed E-state index contributed by atoms with van der Waals surface area (Å²) in [5.41, 5.74) is 2.97. The molecule has 2 rings (SSSR count). The molecule has 0 saturated carbocycles. The van der Waals surface area contributed by atoms with E-state index in [0.717, 1.165) is 12.8 Å². The molecule has 18 heavy (non-hydrogen) atoms. The van der Waals surface area contributed by atoms with Crippen LogP contribution >= 0.6 is 0 Å². The third-order valence-corrected chi connectivity index (χ3v) is 4.20. The lowest BCUT2D eigenvalue weighted by molar-refractivity contribution is 0.250. The zero-order chi connectivity index (χ0) is 13.0. The molecule has 0 saturated heterocycles. The van der Waals surface area contributed by atoms with Gasteiger partial charge in [-0.25, -0.2) is 0 Å². The van der Waals surface area contributed by atoms with Crippen molar-refractivity contribution in [3.8, 4) is 0 Å². The van der Waals surface area contributed by atoms with Crippen LogP contribution in [0.3, 0.4) is 0 Å². The number of fused-ring (bicyclic) bond motifs is 1. The number of hydrogen-bond donors (Lipinski definition) is 2. The second-order valence-electron chi connectivity index (χ2n) is 5.44. The molecule has 3 atom stereocenters. The van der Waals surface area contributed by atoms with Gasteiger partial charge < -0.3 is 10.4 Å². The van der Waals surface area contributed by atoms with Crippen molar-refractivity contribution in [2.24, 2.45) is 0 Å². The van der Waals surface area contributed by atoms with Crippen molar-refractivity contribution >= 4 is 0 Å². The SMILES string of the molecule is CCC(CCO)NC1CCC(C)c2ccccc21. The average molecular weight is 247 g/mol. The lowest BCUT2D eigenvalue weighted by Crippen LogP contribution is -2.35. The molecule has 0 heterocycles. The number of benzene rings is 1. The van der Waals surface area contributed by atoms with Crippen LogP contribution in [-0.4, -0.2) is 17.8 Å². The van der Waals surface area contributed by atoms with E-state index in [1.165, 1.54) is 24.0 Å². The molecule has 0 amide bonds. The van der Waals surface area contributed by atoms with E-state index in [2.05, 4.69) is 43.4 Å². The monoisotopic (exact) mass is 247 g/mol. The fraction of sp³-hybridized carbons (Fsp3) is 0.625. The lowest BCUT2D eigenvalue weighted by Gasteiger charge is -2.33. The molecule has 2 nitrogen and oxygen atoms in total. The molecule has 2 heteroatoms. The molecule has 1 aliphatic rings. The van der Waals surface area contributed by atoms with Crippen molar-refractivity contribution in [2.45, 2.75) is 57.5 Å². The summed E-state index contributed by atoms with van der Waals surface area (Å²) >= 11 is 0. The Balaban J connectivity index is 2.13. The van der Waals surface area contributed by atoms with Gasteiger partial charge in [0.2, 0.25) is 0 Å². The molecule has 1 aliphatic carbocycles. The summed E-state index contributed by atoms with van der Waals surface area (Å²) in [5, 5.41) is 12.8. The van der Waals surface area contributed by atoms with Crippen LogP contribution in [0, 0.1) is 0 Å². The molecular formula is C16H25NO. The van der Waals surface area contributed by atoms with Gasteiger partial charge in [-0.15, -0.1) is 0 Å². The summed E-state index contributed by atoms with van der Waals surface area (Å²) in [6.07, 6.45) is 4.39. The molecule has 1 aromatic carbocycles. The average Bonchev–Trinajstić information content (AvgIpc) is 2.41. The first kappa shape index (κ1) is 13.6. The Morgan fingerprint density at radius 3 is 2.67 bits per heavy atom. The minimum Gasteiger partial charge on any atom is -0.396 e. The summed E-state index contributed by atoms with van der Waals surface area (Å²) in [5.74, 6) is 0.678. The van der Waals surface area contributed by atoms with Crippen molar-refractivity contribution < 1.29 is 5.11 Å². The van der Waals surface area contributed by atoms with Gasteiger partial charge in [-0.1, -0.05) is 38.1 Å². The summed E-state index contributed by atoms with van der Waals surface area (Å²) in [4.78, 5) is 0. The number of rotatable bonds is 5. The molecule has 0 aliphatic heterocycles. The second kappa shape index (κ2) is 6.35. The van der Waals surface area contributed by atoms with Crippen LogP contribution in [0.1, 0.15) is 62.6 Å². The molecule has 0 radical (unpaired) electrons. The Morgan fingerprint density at radius 1 is 1.28 bits per heavy atom. The standard InChI is InChI=1S/C16H25NO/c1-3-13(10-11-18)17-16-9-8-12(2)14-6-4-5-7-15(14)16/h4-7,12-13,16-18H,3,8-11H2,1-2H3. The minimum atomic E-state index is 0.274. The fourth-order valence-electron chi connectivity index (χ4n) is 3.02. The van der Waals surface area contributed by atoms with Crippen molar-refractivity contribution in [2.75, 3.05) is 6.61 Å². The van der Waals surface area contributed by atoms with Gasteiger partial charge in [-0.3, -0.25) is 0 Å². The Hall–Kier alpha value is -0.860. The van der Waals surface area contributed by atoms with Gasteiger partial charge in [-0.05, 0) is 42.7 Å². The van der Waals surface area contributed by atoms with Crippen LogP contribution < -0.4 is 5.32 Å². The Morgan fingerprint density at radius 2 is 2.00 bits per heavy atom. The first-order chi connectivity index (χ1) is 8.76. The number of nitrogens with one attached hydrogen (secondary N) is 1. The second-order valence-corrected chi connectivity index (χ2v) is 5.44. The van der Waals surface area contributed by atoms with E-state index in [0.29, 0.717) is 18.0 Å². The van der Waals surface area contributed by atoms with Crippen LogP contribution in [-0.2, 0) is 0 Å². The molecule has 1 aromatic rings. The van der Waals surface area contributed by atoms with Crippen LogP contribution in [0.5, 0.6) is 0 Å². The zero-order valence-electron chi connectivity index (χ0n) is 11.5. The van der Waals surface area contributed by atoms with E-state index in [9.17, 15) is 0 Å². The van der Waals surface area contributed by atoms with Crippen LogP contribution in [0.2, 0.25) is 0 Å². The zero-order valence-corrected chi connectivity index (χ0v) is 11.5. The maximum absolute atomic E-state index is 9.09. The van der Waals surface area contributed by atoms with Gasteiger partial charge in [0.05, 0.1) is 0 Å². The molecular weight excluding hydrogens is 222 g/mol. The first-order valence-electron chi connectivity index (χ1n) is 7.22. The van der Waals surface area contributed by atoms with E-state index in [1.54, 1.807) is 0 Å². The maximum atomic E-state index is 9.09. The highest BCUT2D eigenvalue weighted by molar-refractivity contribution is 5.35. The highest BCUT2D eigenvalue weighted by atomic mass is 16.3. The third kappa shape index (κ3) is 2.93. The van der Waals surface area contributed by atoms with E-state index in [-0.39, 0.29) is 6.61 Å². The molecule has 0 spiro atoms. The van der Waals surface area contributed by atoms with Gasteiger partial charge in [0.25, 0.3) is 0 Å². The predicted molar refractivity (Wildman–Crippen MR) is 75.7 cm³/mol. The van der Waals surface area contributed by atoms with Gasteiger partial charge in [0.1, 0.15) is 0 Å². The smallest absolute Gasteiger partial charge is 0.0445 e. The molecule has 0 bridgehead atoms. The third-order valence-electron chi connectivity index (χ3n) is 4.20. The molecule has 100 valence electrons. The van der Waals surface area contributed by atoms with Crippen molar-refractivity contribution in [1.29, 1.82) is 0 Å². The number of aliphatic hydroxyl groups excluding tert-OH is 1. The maximum Gasteiger partial charge on any atom is 0.0445 e. The summed E-state index contributed by atoms with van der Waals surface area (Å²) in [6.45, 7) is 4.78. The van der Waals surface area contributed by atoms with E-state index < -0.39 is 0 Å². The van der Waals surface area contributed by atoms with Gasteiger partial charge in [-0.2, -0.15) is 0 Å². The Bertz CT molecular complexity index is 377. The quantitative estimate of drug-likeness (QED) is 0.836. The summed E-state index contributed by atoms with van der Waals surface area (Å²) in [7, 11) is 0. The van der Waals surface area contributed by atoms with Gasteiger partial charge >= 0.3 is 0 Å². The normalized spacial score (nSPS) is 24.6. The van der Waals surface area contributed by atoms with Gasteiger partial charge in [0.15, 0.2) is 0 Å². The lowest BCUT2D eigenvalue weighted by atomic mass is 9.80. The molecule has 3 unspecified atom stereocenters. The van der Waals surface area contributed by atoms with Crippen molar-refractivity contribution in [3.63, 3.8) is 0 Å². The van der Waals surface area contributed by atoms with Crippen LogP contribution in [0.4, 0.5) is 0 Å². The number of hydrogen-bond acceptors (Lipinski definition) is 2. The van der Waals surface area contributed by atoms with E-state index >= 15 is 0 Å². The molecule has 0 fully saturated rings. The van der Waals surface area contributed by atoms with Crippen molar-refractivity contribution in [3.05, 3.63) is 35.4 Å². The molecule has 0 aromatic heterocycles.